The van der Waals surface area contributed by atoms with Gasteiger partial charge in [-0.1, -0.05) is 23.2 Å². The molecule has 1 atom stereocenters. The molecule has 1 aliphatic heterocycles. The number of hydrogen-bond donors (Lipinski definition) is 1. The molecule has 1 fully saturated rings. The topological polar surface area (TPSA) is 43.8 Å². The Labute approximate surface area is 135 Å². The number of carboxylic acid groups (broad SMARTS) is 1. The van der Waals surface area contributed by atoms with Gasteiger partial charge >= 0.3 is 5.97 Å². The van der Waals surface area contributed by atoms with E-state index in [2.05, 4.69) is 16.7 Å². The fraction of sp³-hybridized carbons (Fsp3) is 0.533. The van der Waals surface area contributed by atoms with Crippen molar-refractivity contribution in [3.05, 3.63) is 33.8 Å². The summed E-state index contributed by atoms with van der Waals surface area (Å²) in [6.07, 6.45) is 0.204. The Kier molecular flexibility index (Phi) is 5.88. The molecule has 21 heavy (non-hydrogen) atoms. The van der Waals surface area contributed by atoms with Crippen molar-refractivity contribution in [1.29, 1.82) is 0 Å². The number of aliphatic carboxylic acids is 1. The Morgan fingerprint density at radius 2 is 1.95 bits per heavy atom. The highest BCUT2D eigenvalue weighted by atomic mass is 35.5. The molecule has 2 rings (SSSR count). The lowest BCUT2D eigenvalue weighted by atomic mass is 10.1. The summed E-state index contributed by atoms with van der Waals surface area (Å²) in [5.41, 5.74) is 1.04. The van der Waals surface area contributed by atoms with Gasteiger partial charge in [0.1, 0.15) is 0 Å². The third-order valence-electron chi connectivity index (χ3n) is 4.00. The van der Waals surface area contributed by atoms with Gasteiger partial charge < -0.3 is 10.0 Å². The van der Waals surface area contributed by atoms with E-state index in [4.69, 9.17) is 28.3 Å². The molecular formula is C15H20Cl2N2O2. The number of rotatable bonds is 5. The minimum Gasteiger partial charge on any atom is -0.481 e. The van der Waals surface area contributed by atoms with Crippen molar-refractivity contribution >= 4 is 29.2 Å². The fourth-order valence-corrected chi connectivity index (χ4v) is 3.12. The van der Waals surface area contributed by atoms with Gasteiger partial charge in [0.25, 0.3) is 0 Å². The van der Waals surface area contributed by atoms with Crippen molar-refractivity contribution in [3.63, 3.8) is 0 Å². The second kappa shape index (κ2) is 7.45. The number of piperazine rings is 1. The predicted octanol–water partition coefficient (Wildman–Crippen LogP) is 3.15. The maximum Gasteiger partial charge on any atom is 0.304 e. The van der Waals surface area contributed by atoms with E-state index in [1.165, 1.54) is 0 Å². The van der Waals surface area contributed by atoms with Crippen LogP contribution in [0, 0.1) is 0 Å². The van der Waals surface area contributed by atoms with Crippen molar-refractivity contribution in [3.8, 4) is 0 Å². The van der Waals surface area contributed by atoms with E-state index in [0.717, 1.165) is 36.8 Å². The first kappa shape index (κ1) is 16.6. The summed E-state index contributed by atoms with van der Waals surface area (Å²) < 4.78 is 0. The van der Waals surface area contributed by atoms with Crippen LogP contribution in [-0.2, 0) is 4.79 Å². The Morgan fingerprint density at radius 3 is 2.57 bits per heavy atom. The van der Waals surface area contributed by atoms with E-state index in [-0.39, 0.29) is 12.5 Å². The zero-order valence-corrected chi connectivity index (χ0v) is 13.6. The van der Waals surface area contributed by atoms with Crippen LogP contribution in [-0.4, -0.2) is 53.6 Å². The smallest absolute Gasteiger partial charge is 0.304 e. The molecule has 0 bridgehead atoms. The van der Waals surface area contributed by atoms with Gasteiger partial charge in [-0.3, -0.25) is 9.69 Å². The molecule has 1 aromatic rings. The molecule has 1 saturated heterocycles. The molecule has 1 aliphatic rings. The fourth-order valence-electron chi connectivity index (χ4n) is 2.66. The van der Waals surface area contributed by atoms with E-state index >= 15 is 0 Å². The van der Waals surface area contributed by atoms with E-state index in [1.807, 2.05) is 12.1 Å². The van der Waals surface area contributed by atoms with Crippen molar-refractivity contribution in [2.24, 2.45) is 0 Å². The van der Waals surface area contributed by atoms with Crippen LogP contribution in [0.25, 0.3) is 0 Å². The Hall–Kier alpha value is -0.810. The summed E-state index contributed by atoms with van der Waals surface area (Å²) in [6.45, 7) is 6.33. The van der Waals surface area contributed by atoms with Crippen LogP contribution < -0.4 is 0 Å². The maximum atomic E-state index is 10.6. The van der Waals surface area contributed by atoms with E-state index < -0.39 is 5.97 Å². The lowest BCUT2D eigenvalue weighted by molar-refractivity contribution is -0.137. The van der Waals surface area contributed by atoms with E-state index in [9.17, 15) is 4.79 Å². The molecule has 1 N–H and O–H groups in total. The summed E-state index contributed by atoms with van der Waals surface area (Å²) >= 11 is 12.3. The highest BCUT2D eigenvalue weighted by Gasteiger charge is 2.23. The number of nitrogens with zero attached hydrogens (tertiary/aromatic N) is 2. The van der Waals surface area contributed by atoms with Gasteiger partial charge in [0.15, 0.2) is 0 Å². The molecule has 6 heteroatoms. The Bertz CT molecular complexity index is 502. The molecule has 1 aromatic carbocycles. The summed E-state index contributed by atoms with van der Waals surface area (Å²) in [5, 5.41) is 10.2. The number of carbonyl (C=O) groups is 1. The highest BCUT2D eigenvalue weighted by Crippen LogP contribution is 2.30. The SMILES string of the molecule is CC(c1cc(Cl)ccc1Cl)N1CCN(CCC(=O)O)CC1. The predicted molar refractivity (Wildman–Crippen MR) is 85.1 cm³/mol. The minimum absolute atomic E-state index is 0.204. The van der Waals surface area contributed by atoms with Crippen molar-refractivity contribution in [2.45, 2.75) is 19.4 Å². The minimum atomic E-state index is -0.739. The highest BCUT2D eigenvalue weighted by molar-refractivity contribution is 6.33. The third kappa shape index (κ3) is 4.58. The average Bonchev–Trinajstić information content (AvgIpc) is 2.47. The Morgan fingerprint density at radius 1 is 1.29 bits per heavy atom. The molecule has 0 aromatic heterocycles. The first-order chi connectivity index (χ1) is 9.97. The third-order valence-corrected chi connectivity index (χ3v) is 4.58. The first-order valence-electron chi connectivity index (χ1n) is 7.10. The van der Waals surface area contributed by atoms with Gasteiger partial charge in [-0.05, 0) is 30.7 Å². The molecule has 1 heterocycles. The second-order valence-corrected chi connectivity index (χ2v) is 6.21. The van der Waals surface area contributed by atoms with Crippen molar-refractivity contribution in [2.75, 3.05) is 32.7 Å². The maximum absolute atomic E-state index is 10.6. The lowest BCUT2D eigenvalue weighted by Gasteiger charge is -2.38. The van der Waals surface area contributed by atoms with Crippen molar-refractivity contribution < 1.29 is 9.90 Å². The molecular weight excluding hydrogens is 311 g/mol. The van der Waals surface area contributed by atoms with E-state index in [0.29, 0.717) is 11.6 Å². The summed E-state index contributed by atoms with van der Waals surface area (Å²) in [4.78, 5) is 15.2. The van der Waals surface area contributed by atoms with Crippen LogP contribution in [0.3, 0.4) is 0 Å². The molecule has 0 saturated carbocycles. The molecule has 0 amide bonds. The van der Waals surface area contributed by atoms with E-state index in [1.54, 1.807) is 6.07 Å². The van der Waals surface area contributed by atoms with Gasteiger partial charge in [0.2, 0.25) is 0 Å². The molecule has 0 aliphatic carbocycles. The number of benzene rings is 1. The number of halogens is 2. The normalized spacial score (nSPS) is 18.6. The van der Waals surface area contributed by atoms with Gasteiger partial charge in [0.05, 0.1) is 6.42 Å². The molecule has 116 valence electrons. The second-order valence-electron chi connectivity index (χ2n) is 5.36. The zero-order chi connectivity index (χ0) is 15.4. The van der Waals surface area contributed by atoms with Gasteiger partial charge in [-0.2, -0.15) is 0 Å². The van der Waals surface area contributed by atoms with Crippen LogP contribution in [0.5, 0.6) is 0 Å². The quantitative estimate of drug-likeness (QED) is 0.900. The van der Waals surface area contributed by atoms with Crippen LogP contribution in [0.15, 0.2) is 18.2 Å². The zero-order valence-electron chi connectivity index (χ0n) is 12.1. The first-order valence-corrected chi connectivity index (χ1v) is 7.86. The lowest BCUT2D eigenvalue weighted by Crippen LogP contribution is -2.47. The summed E-state index contributed by atoms with van der Waals surface area (Å²) in [7, 11) is 0. The van der Waals surface area contributed by atoms with Gasteiger partial charge in [0, 0.05) is 48.8 Å². The number of hydrogen-bond acceptors (Lipinski definition) is 3. The van der Waals surface area contributed by atoms with Crippen molar-refractivity contribution in [1.82, 2.24) is 9.80 Å². The van der Waals surface area contributed by atoms with Crippen LogP contribution in [0.2, 0.25) is 10.0 Å². The molecule has 1 unspecified atom stereocenters. The number of carboxylic acids is 1. The Balaban J connectivity index is 1.92. The van der Waals surface area contributed by atoms with Crippen LogP contribution in [0.4, 0.5) is 0 Å². The van der Waals surface area contributed by atoms with Gasteiger partial charge in [-0.15, -0.1) is 0 Å². The monoisotopic (exact) mass is 330 g/mol. The summed E-state index contributed by atoms with van der Waals surface area (Å²) in [5.74, 6) is -0.739. The molecule has 4 nitrogen and oxygen atoms in total. The average molecular weight is 331 g/mol. The van der Waals surface area contributed by atoms with Crippen LogP contribution >= 0.6 is 23.2 Å². The van der Waals surface area contributed by atoms with Crippen LogP contribution in [0.1, 0.15) is 24.9 Å². The summed E-state index contributed by atoms with van der Waals surface area (Å²) in [6, 6.07) is 5.76. The largest absolute Gasteiger partial charge is 0.481 e. The van der Waals surface area contributed by atoms with Gasteiger partial charge in [-0.25, -0.2) is 0 Å². The molecule has 0 spiro atoms. The standard InChI is InChI=1S/C15H20Cl2N2O2/c1-11(13-10-12(16)2-3-14(13)17)19-8-6-18(7-9-19)5-4-15(20)21/h2-3,10-11H,4-9H2,1H3,(H,20,21). The molecule has 0 radical (unpaired) electrons.